The number of aromatic nitrogens is 2. The number of fused-ring (bicyclic) bond motifs is 5. The van der Waals surface area contributed by atoms with E-state index in [1.807, 2.05) is 24.4 Å². The Morgan fingerprint density at radius 3 is 2.14 bits per heavy atom. The van der Waals surface area contributed by atoms with Crippen LogP contribution in [-0.2, 0) is 30.9 Å². The molecule has 4 heteroatoms. The van der Waals surface area contributed by atoms with Gasteiger partial charge < -0.3 is 9.97 Å². The van der Waals surface area contributed by atoms with Crippen LogP contribution in [0.3, 0.4) is 0 Å². The molecule has 1 aliphatic rings. The van der Waals surface area contributed by atoms with Crippen LogP contribution in [0.4, 0.5) is 0 Å². The Hall–Kier alpha value is -5.20. The summed E-state index contributed by atoms with van der Waals surface area (Å²) in [4.78, 5) is 8.97. The predicted octanol–water partition coefficient (Wildman–Crippen LogP) is 11.4. The van der Waals surface area contributed by atoms with Crippen LogP contribution < -0.4 is 0 Å². The molecule has 5 aromatic carbocycles. The Balaban J connectivity index is 0.000000173. The van der Waals surface area contributed by atoms with Crippen molar-refractivity contribution in [3.8, 4) is 50.8 Å². The standard InChI is InChI=1S/C25H17N2.C21H20N.Ir/c1-25(2)22-14-18(23-13-16(15-26)11-12-27-23)8-9-20(22)21-10-7-17-5-3-4-6-19(17)24(21)25;1-21(2,3)19-12-13-22-20(15-19)18-11-7-10-17(14-18)16-8-5-4-6-9-16;/h3-7,9-14H,1-2H3;4-10,12-15H,1-3H3;/q2*-1;. The molecule has 8 rings (SSSR count). The predicted molar refractivity (Wildman–Crippen MR) is 201 cm³/mol. The SMILES string of the molecule is CC(C)(C)c1ccnc(-c2[c-]ccc(-c3ccccc3)c2)c1.CC1(C)c2cc(-c3cc(C#N)ccn3)[c-]cc2-c2ccc3ccccc3c21.[Ir]. The minimum Gasteiger partial charge on any atom is -0.305 e. The van der Waals surface area contributed by atoms with E-state index >= 15 is 0 Å². The van der Waals surface area contributed by atoms with Gasteiger partial charge in [0.15, 0.2) is 0 Å². The molecule has 2 heterocycles. The fraction of sp³-hybridized carbons (Fsp3) is 0.152. The summed E-state index contributed by atoms with van der Waals surface area (Å²) in [7, 11) is 0. The summed E-state index contributed by atoms with van der Waals surface area (Å²) in [5.41, 5.74) is 13.2. The second-order valence-electron chi connectivity index (χ2n) is 14.1. The molecule has 7 aromatic rings. The Labute approximate surface area is 309 Å². The molecule has 0 amide bonds. The molecule has 50 heavy (non-hydrogen) atoms. The second kappa shape index (κ2) is 14.0. The van der Waals surface area contributed by atoms with Gasteiger partial charge in [-0.05, 0) is 61.8 Å². The summed E-state index contributed by atoms with van der Waals surface area (Å²) >= 11 is 0. The Kier molecular flexibility index (Phi) is 9.68. The molecule has 1 aliphatic carbocycles. The van der Waals surface area contributed by atoms with Gasteiger partial charge in [0.1, 0.15) is 0 Å². The van der Waals surface area contributed by atoms with Crippen molar-refractivity contribution in [2.75, 3.05) is 0 Å². The van der Waals surface area contributed by atoms with E-state index in [1.54, 1.807) is 12.3 Å². The molecule has 0 saturated heterocycles. The average Bonchev–Trinajstić information content (AvgIpc) is 3.38. The van der Waals surface area contributed by atoms with Gasteiger partial charge in [-0.15, -0.1) is 64.7 Å². The van der Waals surface area contributed by atoms with Gasteiger partial charge in [0, 0.05) is 38.1 Å². The van der Waals surface area contributed by atoms with E-state index in [4.69, 9.17) is 0 Å². The first-order valence-electron chi connectivity index (χ1n) is 16.6. The van der Waals surface area contributed by atoms with E-state index in [-0.39, 0.29) is 30.9 Å². The molecule has 0 fully saturated rings. The minimum atomic E-state index is -0.109. The third kappa shape index (κ3) is 6.68. The molecule has 0 atom stereocenters. The average molecular weight is 824 g/mol. The molecule has 247 valence electrons. The number of nitrogens with zero attached hydrogens (tertiary/aromatic N) is 3. The van der Waals surface area contributed by atoms with Crippen LogP contribution >= 0.6 is 0 Å². The number of hydrogen-bond acceptors (Lipinski definition) is 3. The number of benzene rings is 5. The van der Waals surface area contributed by atoms with Crippen LogP contribution in [0.5, 0.6) is 0 Å². The fourth-order valence-corrected chi connectivity index (χ4v) is 6.80. The first-order chi connectivity index (χ1) is 23.6. The van der Waals surface area contributed by atoms with Crippen molar-refractivity contribution in [3.05, 3.63) is 168 Å². The quantitative estimate of drug-likeness (QED) is 0.167. The monoisotopic (exact) mass is 824 g/mol. The molecule has 0 N–H and O–H groups in total. The number of hydrogen-bond donors (Lipinski definition) is 0. The van der Waals surface area contributed by atoms with E-state index in [2.05, 4.69) is 160 Å². The molecule has 0 unspecified atom stereocenters. The van der Waals surface area contributed by atoms with E-state index in [1.165, 1.54) is 49.7 Å². The van der Waals surface area contributed by atoms with Crippen LogP contribution in [-0.4, -0.2) is 9.97 Å². The largest absolute Gasteiger partial charge is 0.305 e. The van der Waals surface area contributed by atoms with Gasteiger partial charge in [-0.2, -0.15) is 5.26 Å². The van der Waals surface area contributed by atoms with E-state index < -0.39 is 0 Å². The van der Waals surface area contributed by atoms with Crippen LogP contribution in [0.1, 0.15) is 56.9 Å². The summed E-state index contributed by atoms with van der Waals surface area (Å²) in [6, 6.07) is 50.6. The summed E-state index contributed by atoms with van der Waals surface area (Å²) in [5.74, 6) is 0. The number of rotatable bonds is 3. The molecule has 2 aromatic heterocycles. The molecular weight excluding hydrogens is 787 g/mol. The number of pyridine rings is 2. The fourth-order valence-electron chi connectivity index (χ4n) is 6.80. The maximum absolute atomic E-state index is 9.18. The molecule has 0 bridgehead atoms. The first kappa shape index (κ1) is 34.7. The van der Waals surface area contributed by atoms with Gasteiger partial charge in [0.05, 0.1) is 6.07 Å². The summed E-state index contributed by atoms with van der Waals surface area (Å²) in [6.45, 7) is 11.2. The zero-order valence-corrected chi connectivity index (χ0v) is 31.3. The maximum atomic E-state index is 9.18. The van der Waals surface area contributed by atoms with Crippen molar-refractivity contribution in [2.24, 2.45) is 0 Å². The van der Waals surface area contributed by atoms with E-state index in [0.29, 0.717) is 5.56 Å². The van der Waals surface area contributed by atoms with E-state index in [0.717, 1.165) is 22.5 Å². The molecular formula is C46H37IrN3-2. The van der Waals surface area contributed by atoms with Crippen molar-refractivity contribution in [1.29, 1.82) is 5.26 Å². The molecule has 1 radical (unpaired) electrons. The molecule has 0 spiro atoms. The van der Waals surface area contributed by atoms with Gasteiger partial charge >= 0.3 is 0 Å². The van der Waals surface area contributed by atoms with Crippen LogP contribution in [0.2, 0.25) is 0 Å². The van der Waals surface area contributed by atoms with Gasteiger partial charge in [-0.1, -0.05) is 125 Å². The van der Waals surface area contributed by atoms with Crippen molar-refractivity contribution in [3.63, 3.8) is 0 Å². The van der Waals surface area contributed by atoms with Crippen molar-refractivity contribution in [2.45, 2.75) is 45.4 Å². The third-order valence-corrected chi connectivity index (χ3v) is 9.44. The van der Waals surface area contributed by atoms with E-state index in [9.17, 15) is 5.26 Å². The Bertz CT molecular complexity index is 2360. The van der Waals surface area contributed by atoms with Crippen LogP contribution in [0.25, 0.3) is 55.5 Å². The summed E-state index contributed by atoms with van der Waals surface area (Å²) in [6.07, 6.45) is 3.57. The smallest absolute Gasteiger partial charge is 0.0984 e. The Morgan fingerprint density at radius 1 is 0.680 bits per heavy atom. The maximum Gasteiger partial charge on any atom is 0.0984 e. The topological polar surface area (TPSA) is 49.6 Å². The first-order valence-corrected chi connectivity index (χ1v) is 16.6. The second-order valence-corrected chi connectivity index (χ2v) is 14.1. The Morgan fingerprint density at radius 2 is 1.38 bits per heavy atom. The van der Waals surface area contributed by atoms with Crippen molar-refractivity contribution >= 4 is 10.8 Å². The zero-order valence-electron chi connectivity index (χ0n) is 28.9. The van der Waals surface area contributed by atoms with Crippen molar-refractivity contribution < 1.29 is 20.1 Å². The van der Waals surface area contributed by atoms with Crippen LogP contribution in [0.15, 0.2) is 134 Å². The molecule has 0 aliphatic heterocycles. The van der Waals surface area contributed by atoms with Gasteiger partial charge in [0.25, 0.3) is 0 Å². The van der Waals surface area contributed by atoms with Crippen LogP contribution in [0, 0.1) is 23.5 Å². The number of nitriles is 1. The molecule has 0 saturated carbocycles. The summed E-state index contributed by atoms with van der Waals surface area (Å²) in [5, 5.41) is 11.8. The molecule has 3 nitrogen and oxygen atoms in total. The van der Waals surface area contributed by atoms with Gasteiger partial charge in [-0.3, -0.25) is 0 Å². The zero-order chi connectivity index (χ0) is 34.2. The third-order valence-electron chi connectivity index (χ3n) is 9.44. The van der Waals surface area contributed by atoms with Crippen molar-refractivity contribution in [1.82, 2.24) is 9.97 Å². The minimum absolute atomic E-state index is 0. The van der Waals surface area contributed by atoms with Gasteiger partial charge in [0.2, 0.25) is 0 Å². The normalized spacial score (nSPS) is 12.5. The van der Waals surface area contributed by atoms with Gasteiger partial charge in [-0.25, -0.2) is 0 Å². The summed E-state index contributed by atoms with van der Waals surface area (Å²) < 4.78 is 0.